The Bertz CT molecular complexity index is 622. The summed E-state index contributed by atoms with van der Waals surface area (Å²) in [6.45, 7) is 4.17. The van der Waals surface area contributed by atoms with Crippen LogP contribution in [-0.4, -0.2) is 29.6 Å². The molecular weight excluding hydrogens is 318 g/mol. The van der Waals surface area contributed by atoms with Crippen LogP contribution in [0.5, 0.6) is 0 Å². The van der Waals surface area contributed by atoms with Crippen molar-refractivity contribution in [2.45, 2.75) is 46.0 Å². The molecule has 23 heavy (non-hydrogen) atoms. The number of anilines is 1. The van der Waals surface area contributed by atoms with Crippen LogP contribution in [0.25, 0.3) is 0 Å². The van der Waals surface area contributed by atoms with Gasteiger partial charge in [-0.25, -0.2) is 4.79 Å². The number of thiophene rings is 1. The lowest BCUT2D eigenvalue weighted by molar-refractivity contribution is -0.138. The number of esters is 1. The number of carbonyl (C=O) groups is 3. The molecule has 0 bridgehead atoms. The van der Waals surface area contributed by atoms with E-state index in [0.29, 0.717) is 16.5 Å². The molecule has 1 aromatic rings. The number of carboxylic acid groups (broad SMARTS) is 1. The van der Waals surface area contributed by atoms with Crippen molar-refractivity contribution in [2.24, 2.45) is 5.92 Å². The van der Waals surface area contributed by atoms with Crippen LogP contribution in [0.3, 0.4) is 0 Å². The number of hydrogen-bond acceptors (Lipinski definition) is 5. The molecule has 2 N–H and O–H groups in total. The van der Waals surface area contributed by atoms with E-state index in [0.717, 1.165) is 29.7 Å². The zero-order valence-corrected chi connectivity index (χ0v) is 14.1. The minimum atomic E-state index is -1.02. The summed E-state index contributed by atoms with van der Waals surface area (Å²) in [4.78, 5) is 35.8. The van der Waals surface area contributed by atoms with Gasteiger partial charge in [-0.3, -0.25) is 9.59 Å². The Balaban J connectivity index is 2.25. The third-order valence-corrected chi connectivity index (χ3v) is 4.98. The fourth-order valence-electron chi connectivity index (χ4n) is 2.67. The van der Waals surface area contributed by atoms with Crippen LogP contribution in [0.4, 0.5) is 5.00 Å². The van der Waals surface area contributed by atoms with Crippen LogP contribution < -0.4 is 5.32 Å². The van der Waals surface area contributed by atoms with E-state index in [1.165, 1.54) is 11.3 Å². The summed E-state index contributed by atoms with van der Waals surface area (Å²) in [5.41, 5.74) is 1.42. The zero-order valence-electron chi connectivity index (χ0n) is 13.3. The molecule has 7 heteroatoms. The number of aliphatic carboxylic acids is 1. The van der Waals surface area contributed by atoms with Gasteiger partial charge >= 0.3 is 11.9 Å². The lowest BCUT2D eigenvalue weighted by atomic mass is 9.88. The highest BCUT2D eigenvalue weighted by Crippen LogP contribution is 2.40. The summed E-state index contributed by atoms with van der Waals surface area (Å²) in [7, 11) is 0. The molecule has 126 valence electrons. The summed E-state index contributed by atoms with van der Waals surface area (Å²) >= 11 is 1.40. The van der Waals surface area contributed by atoms with Gasteiger partial charge in [-0.05, 0) is 37.7 Å². The quantitative estimate of drug-likeness (QED) is 0.778. The monoisotopic (exact) mass is 339 g/mol. The smallest absolute Gasteiger partial charge is 0.341 e. The van der Waals surface area contributed by atoms with E-state index in [1.807, 2.05) is 0 Å². The molecule has 1 atom stereocenters. The average Bonchev–Trinajstić information content (AvgIpc) is 2.82. The van der Waals surface area contributed by atoms with Gasteiger partial charge < -0.3 is 15.2 Å². The third-order valence-electron chi connectivity index (χ3n) is 3.81. The van der Waals surface area contributed by atoms with Crippen molar-refractivity contribution in [3.8, 4) is 0 Å². The van der Waals surface area contributed by atoms with Crippen LogP contribution in [-0.2, 0) is 27.2 Å². The molecule has 0 saturated carbocycles. The SMILES string of the molecule is CCOC(=O)c1c(NC(=O)CCC(=O)O)sc2c1CCC(C)C2. The summed E-state index contributed by atoms with van der Waals surface area (Å²) in [5.74, 6) is -1.30. The summed E-state index contributed by atoms with van der Waals surface area (Å²) in [5, 5.41) is 11.8. The first-order valence-corrected chi connectivity index (χ1v) is 8.57. The summed E-state index contributed by atoms with van der Waals surface area (Å²) < 4.78 is 5.12. The van der Waals surface area contributed by atoms with Crippen LogP contribution in [0.2, 0.25) is 0 Å². The van der Waals surface area contributed by atoms with Crippen LogP contribution in [0, 0.1) is 5.92 Å². The maximum atomic E-state index is 12.3. The minimum absolute atomic E-state index is 0.115. The number of fused-ring (bicyclic) bond motifs is 1. The molecule has 1 unspecified atom stereocenters. The third kappa shape index (κ3) is 4.31. The number of carbonyl (C=O) groups excluding carboxylic acids is 2. The molecule has 0 saturated heterocycles. The predicted octanol–water partition coefficient (Wildman–Crippen LogP) is 2.85. The number of hydrogen-bond donors (Lipinski definition) is 2. The Morgan fingerprint density at radius 3 is 2.74 bits per heavy atom. The lowest BCUT2D eigenvalue weighted by Gasteiger charge is -2.18. The van der Waals surface area contributed by atoms with E-state index in [9.17, 15) is 14.4 Å². The zero-order chi connectivity index (χ0) is 17.0. The van der Waals surface area contributed by atoms with E-state index in [-0.39, 0.29) is 19.4 Å². The molecule has 0 radical (unpaired) electrons. The van der Waals surface area contributed by atoms with Crippen LogP contribution in [0.15, 0.2) is 0 Å². The molecule has 1 heterocycles. The highest BCUT2D eigenvalue weighted by molar-refractivity contribution is 7.17. The highest BCUT2D eigenvalue weighted by atomic mass is 32.1. The van der Waals surface area contributed by atoms with E-state index < -0.39 is 17.8 Å². The van der Waals surface area contributed by atoms with Crippen molar-refractivity contribution >= 4 is 34.2 Å². The van der Waals surface area contributed by atoms with E-state index in [2.05, 4.69) is 12.2 Å². The first kappa shape index (κ1) is 17.5. The molecule has 1 aromatic heterocycles. The van der Waals surface area contributed by atoms with Crippen molar-refractivity contribution in [3.63, 3.8) is 0 Å². The fraction of sp³-hybridized carbons (Fsp3) is 0.562. The van der Waals surface area contributed by atoms with Gasteiger partial charge in [0.2, 0.25) is 5.91 Å². The molecule has 1 aliphatic carbocycles. The van der Waals surface area contributed by atoms with Gasteiger partial charge in [-0.15, -0.1) is 11.3 Å². The Morgan fingerprint density at radius 1 is 1.35 bits per heavy atom. The van der Waals surface area contributed by atoms with Crippen molar-refractivity contribution in [1.82, 2.24) is 0 Å². The topological polar surface area (TPSA) is 92.7 Å². The number of carboxylic acids is 1. The van der Waals surface area contributed by atoms with E-state index in [1.54, 1.807) is 6.92 Å². The molecule has 0 aliphatic heterocycles. The molecule has 1 amide bonds. The first-order chi connectivity index (χ1) is 10.9. The normalized spacial score (nSPS) is 16.5. The Morgan fingerprint density at radius 2 is 2.09 bits per heavy atom. The largest absolute Gasteiger partial charge is 0.481 e. The molecule has 0 spiro atoms. The molecule has 1 aliphatic rings. The highest BCUT2D eigenvalue weighted by Gasteiger charge is 2.29. The molecule has 2 rings (SSSR count). The Hall–Kier alpha value is -1.89. The van der Waals surface area contributed by atoms with Gasteiger partial charge in [-0.1, -0.05) is 6.92 Å². The van der Waals surface area contributed by atoms with Crippen molar-refractivity contribution < 1.29 is 24.2 Å². The van der Waals surface area contributed by atoms with Crippen molar-refractivity contribution in [2.75, 3.05) is 11.9 Å². The van der Waals surface area contributed by atoms with Gasteiger partial charge in [0.15, 0.2) is 0 Å². The second-order valence-electron chi connectivity index (χ2n) is 5.72. The van der Waals surface area contributed by atoms with Crippen molar-refractivity contribution in [3.05, 3.63) is 16.0 Å². The first-order valence-electron chi connectivity index (χ1n) is 7.75. The van der Waals surface area contributed by atoms with Crippen LogP contribution in [0.1, 0.15) is 53.9 Å². The summed E-state index contributed by atoms with van der Waals surface area (Å²) in [6.07, 6.45) is 2.34. The number of amides is 1. The Kier molecular flexibility index (Phi) is 5.76. The van der Waals surface area contributed by atoms with Gasteiger partial charge in [0.25, 0.3) is 0 Å². The molecular formula is C16H21NO5S. The minimum Gasteiger partial charge on any atom is -0.481 e. The lowest BCUT2D eigenvalue weighted by Crippen LogP contribution is -2.17. The molecule has 0 fully saturated rings. The maximum Gasteiger partial charge on any atom is 0.341 e. The Labute approximate surface area is 138 Å². The van der Waals surface area contributed by atoms with Gasteiger partial charge in [0, 0.05) is 11.3 Å². The molecule has 0 aromatic carbocycles. The second kappa shape index (κ2) is 7.59. The van der Waals surface area contributed by atoms with Gasteiger partial charge in [0.1, 0.15) is 5.00 Å². The number of ether oxygens (including phenoxy) is 1. The summed E-state index contributed by atoms with van der Waals surface area (Å²) in [6, 6.07) is 0. The van der Waals surface area contributed by atoms with Crippen molar-refractivity contribution in [1.29, 1.82) is 0 Å². The standard InChI is InChI=1S/C16H21NO5S/c1-3-22-16(21)14-10-5-4-9(2)8-11(10)23-15(14)17-12(18)6-7-13(19)20/h9H,3-8H2,1-2H3,(H,17,18)(H,19,20). The predicted molar refractivity (Wildman–Crippen MR) is 87.0 cm³/mol. The van der Waals surface area contributed by atoms with Crippen LogP contribution >= 0.6 is 11.3 Å². The number of rotatable bonds is 6. The second-order valence-corrected chi connectivity index (χ2v) is 6.82. The fourth-order valence-corrected chi connectivity index (χ4v) is 4.08. The van der Waals surface area contributed by atoms with E-state index >= 15 is 0 Å². The average molecular weight is 339 g/mol. The molecule has 6 nitrogen and oxygen atoms in total. The van der Waals surface area contributed by atoms with E-state index in [4.69, 9.17) is 9.84 Å². The number of nitrogens with one attached hydrogen (secondary N) is 1. The van der Waals surface area contributed by atoms with Gasteiger partial charge in [-0.2, -0.15) is 0 Å². The van der Waals surface area contributed by atoms with Gasteiger partial charge in [0.05, 0.1) is 18.6 Å². The maximum absolute atomic E-state index is 12.3.